The Labute approximate surface area is 156 Å². The number of carbonyl (C=O) groups excluding carboxylic acids is 2. The molecule has 2 aromatic carbocycles. The first-order chi connectivity index (χ1) is 12.4. The van der Waals surface area contributed by atoms with Crippen LogP contribution in [0.15, 0.2) is 54.6 Å². The van der Waals surface area contributed by atoms with Gasteiger partial charge in [0, 0.05) is 6.42 Å². The number of thiazole rings is 1. The SMILES string of the molecule is CC(NC(=O)C(C)(Cc1nc2ccccc2s1)c1ccccc1)C(N)=O. The molecule has 26 heavy (non-hydrogen) atoms. The van der Waals surface area contributed by atoms with E-state index in [-0.39, 0.29) is 5.91 Å². The van der Waals surface area contributed by atoms with Crippen molar-refractivity contribution in [3.05, 3.63) is 65.2 Å². The van der Waals surface area contributed by atoms with Gasteiger partial charge in [-0.2, -0.15) is 0 Å². The van der Waals surface area contributed by atoms with Crippen LogP contribution in [0.1, 0.15) is 24.4 Å². The predicted octanol–water partition coefficient (Wildman–Crippen LogP) is 2.79. The molecular formula is C20H21N3O2S. The van der Waals surface area contributed by atoms with E-state index in [4.69, 9.17) is 5.73 Å². The first-order valence-electron chi connectivity index (χ1n) is 8.40. The zero-order valence-electron chi connectivity index (χ0n) is 14.7. The second-order valence-electron chi connectivity index (χ2n) is 6.55. The van der Waals surface area contributed by atoms with Crippen LogP contribution in [0.25, 0.3) is 10.2 Å². The quantitative estimate of drug-likeness (QED) is 0.702. The molecule has 0 aliphatic rings. The number of primary amides is 1. The summed E-state index contributed by atoms with van der Waals surface area (Å²) in [6, 6.07) is 16.7. The molecule has 0 aliphatic carbocycles. The van der Waals surface area contributed by atoms with Crippen molar-refractivity contribution >= 4 is 33.4 Å². The third-order valence-corrected chi connectivity index (χ3v) is 5.57. The molecule has 134 valence electrons. The third kappa shape index (κ3) is 3.60. The fourth-order valence-electron chi connectivity index (χ4n) is 2.84. The maximum Gasteiger partial charge on any atom is 0.239 e. The standard InChI is InChI=1S/C20H21N3O2S/c1-13(18(21)24)22-19(25)20(2,14-8-4-3-5-9-14)12-17-23-15-10-6-7-11-16(15)26-17/h3-11,13H,12H2,1-2H3,(H2,21,24)(H,22,25). The fourth-order valence-corrected chi connectivity index (χ4v) is 3.97. The number of nitrogens with one attached hydrogen (secondary N) is 1. The first kappa shape index (κ1) is 18.1. The van der Waals surface area contributed by atoms with Crippen molar-refractivity contribution in [3.63, 3.8) is 0 Å². The van der Waals surface area contributed by atoms with Gasteiger partial charge in [-0.05, 0) is 31.5 Å². The molecule has 0 saturated carbocycles. The summed E-state index contributed by atoms with van der Waals surface area (Å²) in [5.41, 5.74) is 6.24. The molecule has 2 amide bonds. The molecule has 3 N–H and O–H groups in total. The summed E-state index contributed by atoms with van der Waals surface area (Å²) < 4.78 is 1.09. The summed E-state index contributed by atoms with van der Waals surface area (Å²) in [4.78, 5) is 29.1. The van der Waals surface area contributed by atoms with Crippen LogP contribution in [-0.4, -0.2) is 22.8 Å². The molecule has 2 unspecified atom stereocenters. The summed E-state index contributed by atoms with van der Waals surface area (Å²) in [5.74, 6) is -0.803. The van der Waals surface area contributed by atoms with Crippen molar-refractivity contribution in [3.8, 4) is 0 Å². The lowest BCUT2D eigenvalue weighted by Gasteiger charge is -2.29. The van der Waals surface area contributed by atoms with Crippen LogP contribution in [0.5, 0.6) is 0 Å². The number of carbonyl (C=O) groups is 2. The lowest BCUT2D eigenvalue weighted by atomic mass is 9.78. The number of nitrogens with zero attached hydrogens (tertiary/aromatic N) is 1. The van der Waals surface area contributed by atoms with Crippen molar-refractivity contribution in [1.29, 1.82) is 0 Å². The monoisotopic (exact) mass is 367 g/mol. The Morgan fingerprint density at radius 3 is 2.46 bits per heavy atom. The number of rotatable bonds is 6. The normalized spacial score (nSPS) is 14.5. The van der Waals surface area contributed by atoms with E-state index in [9.17, 15) is 9.59 Å². The van der Waals surface area contributed by atoms with Gasteiger partial charge in [-0.3, -0.25) is 9.59 Å². The van der Waals surface area contributed by atoms with E-state index in [0.717, 1.165) is 20.8 Å². The molecule has 0 aliphatic heterocycles. The second kappa shape index (κ2) is 7.25. The van der Waals surface area contributed by atoms with E-state index in [1.165, 1.54) is 0 Å². The Balaban J connectivity index is 1.97. The average Bonchev–Trinajstić information content (AvgIpc) is 3.04. The minimum atomic E-state index is -0.862. The average molecular weight is 367 g/mol. The van der Waals surface area contributed by atoms with Gasteiger partial charge in [0.25, 0.3) is 0 Å². The van der Waals surface area contributed by atoms with Gasteiger partial charge in [0.1, 0.15) is 6.04 Å². The fraction of sp³-hybridized carbons (Fsp3) is 0.250. The van der Waals surface area contributed by atoms with Crippen LogP contribution in [-0.2, 0) is 21.4 Å². The van der Waals surface area contributed by atoms with Crippen molar-refractivity contribution in [2.75, 3.05) is 0 Å². The molecule has 6 heteroatoms. The summed E-state index contributed by atoms with van der Waals surface area (Å²) in [6.45, 7) is 3.46. The number of hydrogen-bond acceptors (Lipinski definition) is 4. The van der Waals surface area contributed by atoms with Gasteiger partial charge in [-0.1, -0.05) is 42.5 Å². The van der Waals surface area contributed by atoms with Crippen LogP contribution in [0.2, 0.25) is 0 Å². The number of para-hydroxylation sites is 1. The Kier molecular flexibility index (Phi) is 5.04. The van der Waals surface area contributed by atoms with Crippen molar-refractivity contribution in [1.82, 2.24) is 10.3 Å². The van der Waals surface area contributed by atoms with Crippen molar-refractivity contribution < 1.29 is 9.59 Å². The molecule has 0 spiro atoms. The molecule has 2 atom stereocenters. The van der Waals surface area contributed by atoms with Crippen LogP contribution < -0.4 is 11.1 Å². The highest BCUT2D eigenvalue weighted by molar-refractivity contribution is 7.18. The highest BCUT2D eigenvalue weighted by atomic mass is 32.1. The van der Waals surface area contributed by atoms with Gasteiger partial charge in [0.15, 0.2) is 0 Å². The van der Waals surface area contributed by atoms with Crippen LogP contribution in [0.3, 0.4) is 0 Å². The molecule has 0 saturated heterocycles. The number of nitrogens with two attached hydrogens (primary N) is 1. The minimum absolute atomic E-state index is 0.241. The molecule has 0 fully saturated rings. The molecule has 1 heterocycles. The molecular weight excluding hydrogens is 346 g/mol. The third-order valence-electron chi connectivity index (χ3n) is 4.53. The Morgan fingerprint density at radius 1 is 1.15 bits per heavy atom. The van der Waals surface area contributed by atoms with E-state index >= 15 is 0 Å². The van der Waals surface area contributed by atoms with Crippen molar-refractivity contribution in [2.45, 2.75) is 31.7 Å². The van der Waals surface area contributed by atoms with Gasteiger partial charge in [-0.25, -0.2) is 4.98 Å². The van der Waals surface area contributed by atoms with Gasteiger partial charge in [-0.15, -0.1) is 11.3 Å². The Bertz CT molecular complexity index is 905. The van der Waals surface area contributed by atoms with E-state index in [1.807, 2.05) is 61.5 Å². The Morgan fingerprint density at radius 2 is 1.81 bits per heavy atom. The Hall–Kier alpha value is -2.73. The molecule has 1 aromatic heterocycles. The van der Waals surface area contributed by atoms with Gasteiger partial charge in [0.05, 0.1) is 20.6 Å². The van der Waals surface area contributed by atoms with Crippen LogP contribution >= 0.6 is 11.3 Å². The first-order valence-corrected chi connectivity index (χ1v) is 9.22. The van der Waals surface area contributed by atoms with E-state index < -0.39 is 17.4 Å². The predicted molar refractivity (Wildman–Crippen MR) is 104 cm³/mol. The molecule has 3 aromatic rings. The summed E-state index contributed by atoms with van der Waals surface area (Å²) >= 11 is 1.58. The van der Waals surface area contributed by atoms with Crippen LogP contribution in [0.4, 0.5) is 0 Å². The lowest BCUT2D eigenvalue weighted by molar-refractivity contribution is -0.130. The van der Waals surface area contributed by atoms with Crippen LogP contribution in [0, 0.1) is 0 Å². The molecule has 0 bridgehead atoms. The zero-order valence-corrected chi connectivity index (χ0v) is 15.5. The number of aromatic nitrogens is 1. The maximum atomic E-state index is 13.1. The van der Waals surface area contributed by atoms with Gasteiger partial charge in [0.2, 0.25) is 11.8 Å². The van der Waals surface area contributed by atoms with Gasteiger partial charge < -0.3 is 11.1 Å². The van der Waals surface area contributed by atoms with E-state index in [0.29, 0.717) is 6.42 Å². The topological polar surface area (TPSA) is 85.1 Å². The van der Waals surface area contributed by atoms with E-state index in [1.54, 1.807) is 18.3 Å². The molecule has 5 nitrogen and oxygen atoms in total. The molecule has 0 radical (unpaired) electrons. The highest BCUT2D eigenvalue weighted by Crippen LogP contribution is 2.32. The largest absolute Gasteiger partial charge is 0.368 e. The summed E-state index contributed by atoms with van der Waals surface area (Å²) in [6.07, 6.45) is 0.438. The lowest BCUT2D eigenvalue weighted by Crippen LogP contribution is -2.50. The minimum Gasteiger partial charge on any atom is -0.368 e. The molecule has 3 rings (SSSR count). The zero-order chi connectivity index (χ0) is 18.7. The maximum absolute atomic E-state index is 13.1. The van der Waals surface area contributed by atoms with Gasteiger partial charge >= 0.3 is 0 Å². The number of amides is 2. The smallest absolute Gasteiger partial charge is 0.239 e. The number of fused-ring (bicyclic) bond motifs is 1. The second-order valence-corrected chi connectivity index (χ2v) is 7.66. The van der Waals surface area contributed by atoms with E-state index in [2.05, 4.69) is 10.3 Å². The number of benzene rings is 2. The summed E-state index contributed by atoms with van der Waals surface area (Å²) in [7, 11) is 0. The number of hydrogen-bond donors (Lipinski definition) is 2. The highest BCUT2D eigenvalue weighted by Gasteiger charge is 2.37. The summed E-state index contributed by atoms with van der Waals surface area (Å²) in [5, 5.41) is 3.61. The van der Waals surface area contributed by atoms with Crippen molar-refractivity contribution in [2.24, 2.45) is 5.73 Å².